The quantitative estimate of drug-likeness (QED) is 0.128. The molecule has 0 saturated heterocycles. The third-order valence-corrected chi connectivity index (χ3v) is 7.10. The first-order chi connectivity index (χ1) is 22.3. The lowest BCUT2D eigenvalue weighted by atomic mass is 9.99. The SMILES string of the molecule is Cc1c[n+](-c2cc(CC(=O)c3ccc(C)c(Nc4nccc(-c5ccc[n+](COC(=O)NC(C)C)c5)n4)c3)cc(C(F)(F)F)c2)c[nH]1. The number of hydrogen-bond donors (Lipinski definition) is 3. The van der Waals surface area contributed by atoms with Crippen LogP contribution in [0.2, 0.25) is 0 Å². The number of hydrogen-bond acceptors (Lipinski definition) is 6. The summed E-state index contributed by atoms with van der Waals surface area (Å²) in [4.78, 5) is 37.1. The van der Waals surface area contributed by atoms with Gasteiger partial charge in [-0.1, -0.05) is 12.1 Å². The number of ether oxygens (including phenoxy) is 1. The van der Waals surface area contributed by atoms with E-state index in [1.54, 1.807) is 83.6 Å². The highest BCUT2D eigenvalue weighted by Gasteiger charge is 2.32. The average molecular weight is 646 g/mol. The Labute approximate surface area is 269 Å². The first kappa shape index (κ1) is 32.8. The van der Waals surface area contributed by atoms with Gasteiger partial charge in [0.25, 0.3) is 6.73 Å². The number of aromatic amines is 1. The lowest BCUT2D eigenvalue weighted by Crippen LogP contribution is -2.39. The first-order valence-corrected chi connectivity index (χ1v) is 14.8. The first-order valence-electron chi connectivity index (χ1n) is 14.8. The zero-order chi connectivity index (χ0) is 33.7. The summed E-state index contributed by atoms with van der Waals surface area (Å²) in [5, 5.41) is 5.83. The van der Waals surface area contributed by atoms with Gasteiger partial charge in [-0.25, -0.2) is 24.3 Å². The van der Waals surface area contributed by atoms with Crippen LogP contribution in [0.3, 0.4) is 0 Å². The van der Waals surface area contributed by atoms with Gasteiger partial charge in [-0.15, -0.1) is 0 Å². The molecule has 5 rings (SSSR count). The number of Topliss-reactive ketones (excluding diaryl/α,β-unsaturated/α-hetero) is 1. The number of rotatable bonds is 10. The van der Waals surface area contributed by atoms with E-state index in [0.717, 1.165) is 29.0 Å². The fraction of sp³-hybridized carbons (Fsp3) is 0.235. The number of aryl methyl sites for hydroxylation is 2. The van der Waals surface area contributed by atoms with Crippen molar-refractivity contribution in [2.45, 2.75) is 53.1 Å². The minimum Gasteiger partial charge on any atom is -0.388 e. The zero-order valence-corrected chi connectivity index (χ0v) is 26.2. The maximum atomic E-state index is 13.7. The monoisotopic (exact) mass is 645 g/mol. The molecule has 13 heteroatoms. The number of nitrogens with zero attached hydrogens (tertiary/aromatic N) is 4. The van der Waals surface area contributed by atoms with Crippen molar-refractivity contribution in [3.8, 4) is 16.9 Å². The molecule has 0 bridgehead atoms. The number of nitrogens with one attached hydrogen (secondary N) is 3. The van der Waals surface area contributed by atoms with Gasteiger partial charge in [0.05, 0.1) is 16.8 Å². The molecule has 1 amide bonds. The fourth-order valence-electron chi connectivity index (χ4n) is 4.77. The van der Waals surface area contributed by atoms with E-state index >= 15 is 0 Å². The van der Waals surface area contributed by atoms with Crippen molar-refractivity contribution in [3.63, 3.8) is 0 Å². The van der Waals surface area contributed by atoms with E-state index in [2.05, 4.69) is 25.6 Å². The van der Waals surface area contributed by atoms with Gasteiger partial charge in [0.15, 0.2) is 18.2 Å². The largest absolute Gasteiger partial charge is 0.416 e. The van der Waals surface area contributed by atoms with Crippen LogP contribution in [0.15, 0.2) is 85.7 Å². The molecule has 3 heterocycles. The molecule has 0 unspecified atom stereocenters. The Bertz CT molecular complexity index is 1920. The van der Waals surface area contributed by atoms with Crippen molar-refractivity contribution in [3.05, 3.63) is 114 Å². The van der Waals surface area contributed by atoms with Crippen molar-refractivity contribution >= 4 is 23.5 Å². The molecule has 0 atom stereocenters. The number of halogens is 3. The number of carbonyl (C=O) groups excluding carboxylic acids is 2. The number of H-pyrrole nitrogens is 1. The van der Waals surface area contributed by atoms with Crippen LogP contribution in [0.1, 0.15) is 46.6 Å². The highest BCUT2D eigenvalue weighted by molar-refractivity contribution is 5.98. The molecule has 0 radical (unpaired) electrons. The van der Waals surface area contributed by atoms with Crippen LogP contribution in [0.4, 0.5) is 29.6 Å². The molecule has 0 spiro atoms. The Morgan fingerprint density at radius 3 is 2.57 bits per heavy atom. The van der Waals surface area contributed by atoms with Gasteiger partial charge in [0.1, 0.15) is 17.6 Å². The summed E-state index contributed by atoms with van der Waals surface area (Å²) in [7, 11) is 0. The summed E-state index contributed by atoms with van der Waals surface area (Å²) in [5.74, 6) is -0.0686. The van der Waals surface area contributed by atoms with Crippen molar-refractivity contribution in [2.24, 2.45) is 0 Å². The van der Waals surface area contributed by atoms with Crippen LogP contribution in [-0.2, 0) is 24.1 Å². The summed E-state index contributed by atoms with van der Waals surface area (Å²) in [6, 6.07) is 14.0. The standard InChI is InChI=1S/C34H32F3N7O3/c1-21(2)40-33(46)47-20-43-11-5-6-26(18-43)29-9-10-38-32(41-29)42-30-15-25(8-7-22(30)3)31(45)14-24-12-27(34(35,36)37)16-28(13-24)44-17-23(4)39-19-44/h5-13,15-19,21H,14,20H2,1-4H3,(H-,38,40,41,42,46)/p+2. The predicted octanol–water partition coefficient (Wildman–Crippen LogP) is 5.93. The number of amides is 1. The number of pyridine rings is 1. The van der Waals surface area contributed by atoms with Crippen LogP contribution in [0, 0.1) is 13.8 Å². The van der Waals surface area contributed by atoms with Gasteiger partial charge in [-0.3, -0.25) is 4.79 Å². The maximum absolute atomic E-state index is 13.7. The summed E-state index contributed by atoms with van der Waals surface area (Å²) >= 11 is 0. The molecule has 2 aromatic carbocycles. The molecule has 3 N–H and O–H groups in total. The maximum Gasteiger partial charge on any atom is 0.416 e. The van der Waals surface area contributed by atoms with Crippen LogP contribution >= 0.6 is 0 Å². The normalized spacial score (nSPS) is 11.4. The van der Waals surface area contributed by atoms with Gasteiger partial charge in [-0.2, -0.15) is 17.7 Å². The van der Waals surface area contributed by atoms with E-state index in [1.807, 2.05) is 26.8 Å². The minimum atomic E-state index is -4.58. The lowest BCUT2D eigenvalue weighted by Gasteiger charge is -2.12. The Morgan fingerprint density at radius 2 is 1.85 bits per heavy atom. The Balaban J connectivity index is 1.33. The van der Waals surface area contributed by atoms with E-state index in [-0.39, 0.29) is 36.5 Å². The molecule has 242 valence electrons. The molecule has 10 nitrogen and oxygen atoms in total. The van der Waals surface area contributed by atoms with Gasteiger partial charge in [-0.05, 0) is 68.3 Å². The molecular formula is C34H34F3N7O3+2. The van der Waals surface area contributed by atoms with Crippen molar-refractivity contribution in [1.29, 1.82) is 0 Å². The molecule has 3 aromatic heterocycles. The minimum absolute atomic E-state index is 0.00897. The third-order valence-electron chi connectivity index (χ3n) is 7.10. The number of aromatic nitrogens is 5. The Kier molecular flexibility index (Phi) is 9.64. The number of carbonyl (C=O) groups is 2. The number of alkyl carbamates (subject to hydrolysis) is 1. The predicted molar refractivity (Wildman–Crippen MR) is 167 cm³/mol. The molecule has 47 heavy (non-hydrogen) atoms. The van der Waals surface area contributed by atoms with Gasteiger partial charge in [0, 0.05) is 42.9 Å². The van der Waals surface area contributed by atoms with E-state index in [1.165, 1.54) is 0 Å². The molecule has 5 aromatic rings. The molecule has 0 fully saturated rings. The molecule has 0 saturated carbocycles. The zero-order valence-electron chi connectivity index (χ0n) is 26.2. The third kappa shape index (κ3) is 8.57. The van der Waals surface area contributed by atoms with Crippen molar-refractivity contribution in [2.75, 3.05) is 5.32 Å². The number of imidazole rings is 1. The van der Waals surface area contributed by atoms with Crippen LogP contribution in [0.25, 0.3) is 16.9 Å². The fourth-order valence-corrected chi connectivity index (χ4v) is 4.77. The summed E-state index contributed by atoms with van der Waals surface area (Å²) < 4.78 is 49.7. The average Bonchev–Trinajstić information content (AvgIpc) is 3.47. The summed E-state index contributed by atoms with van der Waals surface area (Å²) in [5.41, 5.74) is 3.54. The Hall–Kier alpha value is -5.59. The second-order valence-corrected chi connectivity index (χ2v) is 11.4. The molecular weight excluding hydrogens is 611 g/mol. The molecule has 0 aliphatic rings. The highest BCUT2D eigenvalue weighted by Crippen LogP contribution is 2.31. The molecule has 0 aliphatic carbocycles. The second kappa shape index (κ2) is 13.8. The number of anilines is 2. The highest BCUT2D eigenvalue weighted by atomic mass is 19.4. The van der Waals surface area contributed by atoms with E-state index in [9.17, 15) is 22.8 Å². The van der Waals surface area contributed by atoms with E-state index in [0.29, 0.717) is 22.6 Å². The number of alkyl halides is 3. The topological polar surface area (TPSA) is 117 Å². The van der Waals surface area contributed by atoms with Gasteiger partial charge in [0.2, 0.25) is 12.3 Å². The second-order valence-electron chi connectivity index (χ2n) is 11.4. The van der Waals surface area contributed by atoms with Gasteiger partial charge < -0.3 is 15.4 Å². The summed E-state index contributed by atoms with van der Waals surface area (Å²) in [6.07, 6.45) is 3.05. The van der Waals surface area contributed by atoms with Crippen LogP contribution < -0.4 is 19.8 Å². The summed E-state index contributed by atoms with van der Waals surface area (Å²) in [6.45, 7) is 7.34. The number of benzene rings is 2. The van der Waals surface area contributed by atoms with Crippen molar-refractivity contribution in [1.82, 2.24) is 20.3 Å². The van der Waals surface area contributed by atoms with Crippen molar-refractivity contribution < 1.29 is 36.6 Å². The number of ketones is 1. The smallest absolute Gasteiger partial charge is 0.388 e. The Morgan fingerprint density at radius 1 is 1.04 bits per heavy atom. The van der Waals surface area contributed by atoms with E-state index in [4.69, 9.17) is 4.74 Å². The van der Waals surface area contributed by atoms with Gasteiger partial charge >= 0.3 is 12.3 Å². The lowest BCUT2D eigenvalue weighted by molar-refractivity contribution is -0.726. The van der Waals surface area contributed by atoms with E-state index < -0.39 is 17.8 Å². The molecule has 0 aliphatic heterocycles. The van der Waals surface area contributed by atoms with Crippen LogP contribution in [-0.4, -0.2) is 32.9 Å². The van der Waals surface area contributed by atoms with Crippen LogP contribution in [0.5, 0.6) is 0 Å².